The fourth-order valence-electron chi connectivity index (χ4n) is 3.86. The van der Waals surface area contributed by atoms with Gasteiger partial charge in [0.2, 0.25) is 11.8 Å². The first-order valence-electron chi connectivity index (χ1n) is 9.57. The van der Waals surface area contributed by atoms with Crippen molar-refractivity contribution in [3.63, 3.8) is 0 Å². The number of carbonyl (C=O) groups excluding carboxylic acids is 2. The van der Waals surface area contributed by atoms with E-state index in [4.69, 9.17) is 9.47 Å². The van der Waals surface area contributed by atoms with Crippen molar-refractivity contribution in [3.05, 3.63) is 29.8 Å². The molecule has 1 N–H and O–H groups in total. The average molecular weight is 375 g/mol. The van der Waals surface area contributed by atoms with E-state index in [1.807, 2.05) is 24.3 Å². The molecule has 1 aromatic rings. The third kappa shape index (κ3) is 4.78. The molecule has 2 aliphatic rings. The van der Waals surface area contributed by atoms with E-state index in [-0.39, 0.29) is 23.8 Å². The van der Waals surface area contributed by atoms with E-state index < -0.39 is 0 Å². The van der Waals surface area contributed by atoms with Crippen LogP contribution in [0.4, 0.5) is 0 Å². The normalized spacial score (nSPS) is 23.9. The summed E-state index contributed by atoms with van der Waals surface area (Å²) in [5.41, 5.74) is 0.958. The Hall–Kier alpha value is -2.12. The predicted octanol–water partition coefficient (Wildman–Crippen LogP) is 1.05. The second-order valence-corrected chi connectivity index (χ2v) is 7.11. The Labute approximate surface area is 160 Å². The van der Waals surface area contributed by atoms with Gasteiger partial charge in [-0.25, -0.2) is 0 Å². The minimum absolute atomic E-state index is 0.0171. The summed E-state index contributed by atoms with van der Waals surface area (Å²) in [5, 5.41) is 3.07. The van der Waals surface area contributed by atoms with Gasteiger partial charge in [0.25, 0.3) is 0 Å². The van der Waals surface area contributed by atoms with Crippen molar-refractivity contribution in [1.82, 2.24) is 15.1 Å². The maximum Gasteiger partial charge on any atom is 0.225 e. The molecule has 7 nitrogen and oxygen atoms in total. The zero-order chi connectivity index (χ0) is 19.2. The van der Waals surface area contributed by atoms with Gasteiger partial charge in [-0.1, -0.05) is 12.1 Å². The quantitative estimate of drug-likeness (QED) is 0.805. The first-order valence-corrected chi connectivity index (χ1v) is 9.57. The van der Waals surface area contributed by atoms with E-state index in [1.54, 1.807) is 19.1 Å². The van der Waals surface area contributed by atoms with Gasteiger partial charge in [-0.2, -0.15) is 0 Å². The Morgan fingerprint density at radius 2 is 1.96 bits per heavy atom. The van der Waals surface area contributed by atoms with E-state index >= 15 is 0 Å². The number of rotatable bonds is 6. The van der Waals surface area contributed by atoms with Crippen molar-refractivity contribution < 1.29 is 19.1 Å². The molecule has 2 aliphatic heterocycles. The van der Waals surface area contributed by atoms with Crippen molar-refractivity contribution in [2.45, 2.75) is 18.9 Å². The highest BCUT2D eigenvalue weighted by atomic mass is 16.5. The zero-order valence-corrected chi connectivity index (χ0v) is 16.1. The van der Waals surface area contributed by atoms with E-state index in [9.17, 15) is 9.59 Å². The Morgan fingerprint density at radius 1 is 1.26 bits per heavy atom. The van der Waals surface area contributed by atoms with Crippen molar-refractivity contribution in [3.8, 4) is 5.75 Å². The second kappa shape index (κ2) is 9.19. The molecule has 0 unspecified atom stereocenters. The molecule has 2 heterocycles. The second-order valence-electron chi connectivity index (χ2n) is 7.11. The van der Waals surface area contributed by atoms with Gasteiger partial charge in [-0.05, 0) is 24.1 Å². The third-order valence-corrected chi connectivity index (χ3v) is 5.49. The SMILES string of the molecule is COc1ccc([C@H]2[C@H](C(=O)NCCN3CCOCC3)CCC(=O)N2C)cc1. The van der Waals surface area contributed by atoms with Gasteiger partial charge < -0.3 is 19.7 Å². The fraction of sp³-hybridized carbons (Fsp3) is 0.600. The molecule has 2 amide bonds. The van der Waals surface area contributed by atoms with Crippen molar-refractivity contribution in [2.75, 3.05) is 53.6 Å². The van der Waals surface area contributed by atoms with Crippen LogP contribution in [0.2, 0.25) is 0 Å². The monoisotopic (exact) mass is 375 g/mol. The minimum atomic E-state index is -0.249. The van der Waals surface area contributed by atoms with Gasteiger partial charge in [-0.15, -0.1) is 0 Å². The van der Waals surface area contributed by atoms with Crippen LogP contribution in [-0.4, -0.2) is 75.2 Å². The lowest BCUT2D eigenvalue weighted by Gasteiger charge is -2.38. The number of ether oxygens (including phenoxy) is 2. The van der Waals surface area contributed by atoms with E-state index in [0.29, 0.717) is 19.4 Å². The van der Waals surface area contributed by atoms with E-state index in [1.165, 1.54) is 0 Å². The lowest BCUT2D eigenvalue weighted by molar-refractivity contribution is -0.141. The lowest BCUT2D eigenvalue weighted by Crippen LogP contribution is -2.48. The van der Waals surface area contributed by atoms with Gasteiger partial charge in [-0.3, -0.25) is 14.5 Å². The van der Waals surface area contributed by atoms with E-state index in [2.05, 4.69) is 10.2 Å². The highest BCUT2D eigenvalue weighted by Crippen LogP contribution is 2.36. The molecular formula is C20H29N3O4. The number of methoxy groups -OCH3 is 1. The molecule has 0 aliphatic carbocycles. The molecule has 0 radical (unpaired) electrons. The van der Waals surface area contributed by atoms with Crippen LogP contribution in [0.15, 0.2) is 24.3 Å². The number of hydrogen-bond acceptors (Lipinski definition) is 5. The highest BCUT2D eigenvalue weighted by molar-refractivity contribution is 5.84. The largest absolute Gasteiger partial charge is 0.497 e. The first kappa shape index (κ1) is 19.6. The molecule has 2 atom stereocenters. The zero-order valence-electron chi connectivity index (χ0n) is 16.1. The van der Waals surface area contributed by atoms with Crippen LogP contribution >= 0.6 is 0 Å². The maximum atomic E-state index is 12.9. The van der Waals surface area contributed by atoms with Gasteiger partial charge in [0.05, 0.1) is 32.3 Å². The molecule has 2 fully saturated rings. The smallest absolute Gasteiger partial charge is 0.225 e. The number of likely N-dealkylation sites (tertiary alicyclic amines) is 1. The molecule has 2 saturated heterocycles. The molecule has 3 rings (SSSR count). The molecular weight excluding hydrogens is 346 g/mol. The number of carbonyl (C=O) groups is 2. The van der Waals surface area contributed by atoms with Gasteiger partial charge in [0.15, 0.2) is 0 Å². The van der Waals surface area contributed by atoms with Gasteiger partial charge in [0, 0.05) is 39.6 Å². The van der Waals surface area contributed by atoms with Crippen LogP contribution in [0.3, 0.4) is 0 Å². The molecule has 1 aromatic carbocycles. The van der Waals surface area contributed by atoms with Crippen LogP contribution in [0.1, 0.15) is 24.4 Å². The van der Waals surface area contributed by atoms with Crippen molar-refractivity contribution >= 4 is 11.8 Å². The number of piperidine rings is 1. The average Bonchev–Trinajstić information content (AvgIpc) is 2.70. The predicted molar refractivity (Wildman–Crippen MR) is 101 cm³/mol. The van der Waals surface area contributed by atoms with Crippen LogP contribution in [0, 0.1) is 5.92 Å². The van der Waals surface area contributed by atoms with Gasteiger partial charge >= 0.3 is 0 Å². The summed E-state index contributed by atoms with van der Waals surface area (Å²) < 4.78 is 10.6. The molecule has 0 aromatic heterocycles. The standard InChI is InChI=1S/C20H29N3O4/c1-22-18(24)8-7-17(19(22)15-3-5-16(26-2)6-4-15)20(25)21-9-10-23-11-13-27-14-12-23/h3-6,17,19H,7-14H2,1-2H3,(H,21,25)/t17-,19+/m1/s1. The van der Waals surface area contributed by atoms with Crippen molar-refractivity contribution in [2.24, 2.45) is 5.92 Å². The van der Waals surface area contributed by atoms with Crippen LogP contribution in [0.5, 0.6) is 5.75 Å². The van der Waals surface area contributed by atoms with Crippen LogP contribution in [0.25, 0.3) is 0 Å². The summed E-state index contributed by atoms with van der Waals surface area (Å²) in [5.74, 6) is 0.609. The maximum absolute atomic E-state index is 12.9. The Kier molecular flexibility index (Phi) is 6.68. The number of nitrogens with zero attached hydrogens (tertiary/aromatic N) is 2. The Bertz CT molecular complexity index is 643. The number of amides is 2. The Balaban J connectivity index is 1.64. The molecule has 7 heteroatoms. The minimum Gasteiger partial charge on any atom is -0.497 e. The lowest BCUT2D eigenvalue weighted by atomic mass is 9.84. The number of hydrogen-bond donors (Lipinski definition) is 1. The first-order chi connectivity index (χ1) is 13.1. The number of nitrogens with one attached hydrogen (secondary N) is 1. The van der Waals surface area contributed by atoms with Crippen molar-refractivity contribution in [1.29, 1.82) is 0 Å². The molecule has 27 heavy (non-hydrogen) atoms. The molecule has 0 spiro atoms. The Morgan fingerprint density at radius 3 is 2.63 bits per heavy atom. The van der Waals surface area contributed by atoms with Crippen LogP contribution in [-0.2, 0) is 14.3 Å². The fourth-order valence-corrected chi connectivity index (χ4v) is 3.86. The summed E-state index contributed by atoms with van der Waals surface area (Å²) in [6.07, 6.45) is 0.980. The molecule has 0 bridgehead atoms. The van der Waals surface area contributed by atoms with E-state index in [0.717, 1.165) is 44.2 Å². The summed E-state index contributed by atoms with van der Waals surface area (Å²) in [7, 11) is 3.40. The summed E-state index contributed by atoms with van der Waals surface area (Å²) in [4.78, 5) is 29.1. The third-order valence-electron chi connectivity index (χ3n) is 5.49. The molecule has 148 valence electrons. The van der Waals surface area contributed by atoms with Crippen LogP contribution < -0.4 is 10.1 Å². The number of benzene rings is 1. The van der Waals surface area contributed by atoms with Gasteiger partial charge in [0.1, 0.15) is 5.75 Å². The summed E-state index contributed by atoms with van der Waals surface area (Å²) in [6.45, 7) is 4.76. The topological polar surface area (TPSA) is 71.1 Å². The molecule has 0 saturated carbocycles. The highest BCUT2D eigenvalue weighted by Gasteiger charge is 2.38. The summed E-state index contributed by atoms with van der Waals surface area (Å²) in [6, 6.07) is 7.37. The summed E-state index contributed by atoms with van der Waals surface area (Å²) >= 11 is 0. The number of morpholine rings is 1.